The van der Waals surface area contributed by atoms with Gasteiger partial charge in [-0.25, -0.2) is 0 Å². The van der Waals surface area contributed by atoms with Crippen LogP contribution in [-0.4, -0.2) is 32.8 Å². The maximum Gasteiger partial charge on any atom is 0.164 e. The monoisotopic (exact) mass is 211 g/mol. The third-order valence-electron chi connectivity index (χ3n) is 1.93. The molecule has 1 aromatic rings. The molecule has 0 aliphatic heterocycles. The fourth-order valence-electron chi connectivity index (χ4n) is 1.22. The summed E-state index contributed by atoms with van der Waals surface area (Å²) < 4.78 is 15.3. The SMILES string of the molecule is COc1cc(OC)c(OC)cc1/C=N\O. The molecule has 82 valence electrons. The van der Waals surface area contributed by atoms with Crippen molar-refractivity contribution in [3.05, 3.63) is 17.7 Å². The summed E-state index contributed by atoms with van der Waals surface area (Å²) in [5, 5.41) is 11.4. The fourth-order valence-corrected chi connectivity index (χ4v) is 1.22. The first-order chi connectivity index (χ1) is 7.26. The smallest absolute Gasteiger partial charge is 0.164 e. The Morgan fingerprint density at radius 1 is 1.00 bits per heavy atom. The van der Waals surface area contributed by atoms with Crippen molar-refractivity contribution in [2.75, 3.05) is 21.3 Å². The molecule has 5 nitrogen and oxygen atoms in total. The predicted molar refractivity (Wildman–Crippen MR) is 55.5 cm³/mol. The molecule has 0 aliphatic carbocycles. The Bertz CT molecular complexity index is 363. The van der Waals surface area contributed by atoms with Crippen LogP contribution in [0.1, 0.15) is 5.56 Å². The highest BCUT2D eigenvalue weighted by atomic mass is 16.5. The Balaban J connectivity index is 3.27. The van der Waals surface area contributed by atoms with E-state index >= 15 is 0 Å². The first kappa shape index (κ1) is 11.2. The minimum Gasteiger partial charge on any atom is -0.496 e. The summed E-state index contributed by atoms with van der Waals surface area (Å²) in [6.07, 6.45) is 1.26. The van der Waals surface area contributed by atoms with Crippen molar-refractivity contribution in [3.63, 3.8) is 0 Å². The second-order valence-corrected chi connectivity index (χ2v) is 2.69. The summed E-state index contributed by atoms with van der Waals surface area (Å²) in [5.41, 5.74) is 0.609. The number of hydrogen-bond donors (Lipinski definition) is 1. The summed E-state index contributed by atoms with van der Waals surface area (Å²) >= 11 is 0. The number of ether oxygens (including phenoxy) is 3. The second-order valence-electron chi connectivity index (χ2n) is 2.69. The van der Waals surface area contributed by atoms with Gasteiger partial charge in [0, 0.05) is 11.6 Å². The van der Waals surface area contributed by atoms with Gasteiger partial charge >= 0.3 is 0 Å². The molecule has 0 amide bonds. The average molecular weight is 211 g/mol. The van der Waals surface area contributed by atoms with E-state index in [1.54, 1.807) is 12.1 Å². The lowest BCUT2D eigenvalue weighted by molar-refractivity contribution is 0.321. The Labute approximate surface area is 87.9 Å². The summed E-state index contributed by atoms with van der Waals surface area (Å²) in [4.78, 5) is 0. The van der Waals surface area contributed by atoms with E-state index in [-0.39, 0.29) is 0 Å². The molecule has 15 heavy (non-hydrogen) atoms. The first-order valence-corrected chi connectivity index (χ1v) is 4.24. The van der Waals surface area contributed by atoms with Gasteiger partial charge in [0.25, 0.3) is 0 Å². The van der Waals surface area contributed by atoms with E-state index in [4.69, 9.17) is 19.4 Å². The predicted octanol–water partition coefficient (Wildman–Crippen LogP) is 1.52. The molecule has 0 heterocycles. The van der Waals surface area contributed by atoms with E-state index in [0.717, 1.165) is 0 Å². The molecule has 1 N–H and O–H groups in total. The first-order valence-electron chi connectivity index (χ1n) is 4.24. The summed E-state index contributed by atoms with van der Waals surface area (Å²) in [7, 11) is 4.59. The van der Waals surface area contributed by atoms with Crippen LogP contribution in [0.3, 0.4) is 0 Å². The Morgan fingerprint density at radius 3 is 2.00 bits per heavy atom. The molecule has 1 rings (SSSR count). The van der Waals surface area contributed by atoms with Crippen LogP contribution in [0.5, 0.6) is 17.2 Å². The van der Waals surface area contributed by atoms with Crippen molar-refractivity contribution in [2.24, 2.45) is 5.16 Å². The van der Waals surface area contributed by atoms with E-state index in [0.29, 0.717) is 22.8 Å². The van der Waals surface area contributed by atoms with Crippen LogP contribution in [0.4, 0.5) is 0 Å². The minimum atomic E-state index is 0.547. The molecule has 5 heteroatoms. The number of benzene rings is 1. The van der Waals surface area contributed by atoms with Crippen molar-refractivity contribution in [1.29, 1.82) is 0 Å². The number of oxime groups is 1. The third kappa shape index (κ3) is 2.31. The van der Waals surface area contributed by atoms with Gasteiger partial charge in [-0.2, -0.15) is 0 Å². The van der Waals surface area contributed by atoms with Crippen molar-refractivity contribution in [2.45, 2.75) is 0 Å². The van der Waals surface area contributed by atoms with Crippen molar-refractivity contribution in [3.8, 4) is 17.2 Å². The van der Waals surface area contributed by atoms with Gasteiger partial charge in [0.05, 0.1) is 27.5 Å². The highest BCUT2D eigenvalue weighted by Gasteiger charge is 2.10. The summed E-state index contributed by atoms with van der Waals surface area (Å²) in [6, 6.07) is 3.33. The number of hydrogen-bond acceptors (Lipinski definition) is 5. The molecule has 0 unspecified atom stereocenters. The van der Waals surface area contributed by atoms with Crippen LogP contribution in [0, 0.1) is 0 Å². The van der Waals surface area contributed by atoms with Crippen LogP contribution < -0.4 is 14.2 Å². The topological polar surface area (TPSA) is 60.3 Å². The van der Waals surface area contributed by atoms with E-state index in [1.807, 2.05) is 0 Å². The molecular weight excluding hydrogens is 198 g/mol. The molecule has 0 atom stereocenters. The molecule has 0 aliphatic rings. The molecule has 0 fully saturated rings. The van der Waals surface area contributed by atoms with Crippen LogP contribution in [0.2, 0.25) is 0 Å². The highest BCUT2D eigenvalue weighted by Crippen LogP contribution is 2.33. The lowest BCUT2D eigenvalue weighted by Crippen LogP contribution is -1.96. The summed E-state index contributed by atoms with van der Waals surface area (Å²) in [5.74, 6) is 1.66. The fraction of sp³-hybridized carbons (Fsp3) is 0.300. The number of nitrogens with zero attached hydrogens (tertiary/aromatic N) is 1. The molecule has 0 spiro atoms. The molecule has 0 saturated heterocycles. The zero-order chi connectivity index (χ0) is 11.3. The molecule has 1 aromatic carbocycles. The highest BCUT2D eigenvalue weighted by molar-refractivity contribution is 5.84. The van der Waals surface area contributed by atoms with Gasteiger partial charge in [0.15, 0.2) is 11.5 Å². The lowest BCUT2D eigenvalue weighted by atomic mass is 10.2. The largest absolute Gasteiger partial charge is 0.496 e. The summed E-state index contributed by atoms with van der Waals surface area (Å²) in [6.45, 7) is 0. The van der Waals surface area contributed by atoms with Crippen molar-refractivity contribution >= 4 is 6.21 Å². The maximum absolute atomic E-state index is 8.47. The standard InChI is InChI=1S/C10H13NO4/c1-13-8-5-10(15-3)9(14-2)4-7(8)6-11-12/h4-6,12H,1-3H3/b11-6-. The van der Waals surface area contributed by atoms with Gasteiger partial charge in [-0.05, 0) is 6.07 Å². The Hall–Kier alpha value is -1.91. The van der Waals surface area contributed by atoms with Gasteiger partial charge in [-0.15, -0.1) is 0 Å². The van der Waals surface area contributed by atoms with Gasteiger partial charge in [0.2, 0.25) is 0 Å². The van der Waals surface area contributed by atoms with Crippen LogP contribution >= 0.6 is 0 Å². The minimum absolute atomic E-state index is 0.547. The Morgan fingerprint density at radius 2 is 1.53 bits per heavy atom. The molecule has 0 saturated carbocycles. The number of methoxy groups -OCH3 is 3. The second kappa shape index (κ2) is 5.09. The number of rotatable bonds is 4. The van der Waals surface area contributed by atoms with Crippen molar-refractivity contribution in [1.82, 2.24) is 0 Å². The normalized spacial score (nSPS) is 10.3. The molecule has 0 bridgehead atoms. The molecular formula is C10H13NO4. The molecule has 0 aromatic heterocycles. The van der Waals surface area contributed by atoms with Gasteiger partial charge in [0.1, 0.15) is 5.75 Å². The van der Waals surface area contributed by atoms with Gasteiger partial charge in [-0.1, -0.05) is 5.16 Å². The Kier molecular flexibility index (Phi) is 3.79. The molecule has 0 radical (unpaired) electrons. The van der Waals surface area contributed by atoms with Gasteiger partial charge in [-0.3, -0.25) is 0 Å². The zero-order valence-corrected chi connectivity index (χ0v) is 8.85. The van der Waals surface area contributed by atoms with Crippen LogP contribution in [0.25, 0.3) is 0 Å². The third-order valence-corrected chi connectivity index (χ3v) is 1.93. The van der Waals surface area contributed by atoms with Gasteiger partial charge < -0.3 is 19.4 Å². The van der Waals surface area contributed by atoms with E-state index in [1.165, 1.54) is 27.5 Å². The van der Waals surface area contributed by atoms with Crippen LogP contribution in [0.15, 0.2) is 17.3 Å². The lowest BCUT2D eigenvalue weighted by Gasteiger charge is -2.11. The van der Waals surface area contributed by atoms with E-state index < -0.39 is 0 Å². The van der Waals surface area contributed by atoms with E-state index in [9.17, 15) is 0 Å². The maximum atomic E-state index is 8.47. The van der Waals surface area contributed by atoms with E-state index in [2.05, 4.69) is 5.16 Å². The zero-order valence-electron chi connectivity index (χ0n) is 8.85. The van der Waals surface area contributed by atoms with Crippen LogP contribution in [-0.2, 0) is 0 Å². The van der Waals surface area contributed by atoms with Crippen molar-refractivity contribution < 1.29 is 19.4 Å². The quantitative estimate of drug-likeness (QED) is 0.466. The average Bonchev–Trinajstić information content (AvgIpc) is 2.28.